The van der Waals surface area contributed by atoms with Crippen LogP contribution in [0, 0.1) is 0 Å². The number of alkyl halides is 2. The molecule has 4 rings (SSSR count). The summed E-state index contributed by atoms with van der Waals surface area (Å²) in [7, 11) is 0. The Labute approximate surface area is 177 Å². The van der Waals surface area contributed by atoms with Crippen LogP contribution < -0.4 is 5.32 Å². The van der Waals surface area contributed by atoms with Crippen molar-refractivity contribution in [2.45, 2.75) is 30.8 Å². The normalized spacial score (nSPS) is 22.8. The average molecular weight is 447 g/mol. The standard InChI is InChI=1S/C19H22Cl2F2N4O2/c20-15-5-12(6-16(21)17(15)18(29)27-9-19(22,23)10-27)24-13-7-26(8-13)14-1-3-25(11-28)4-2-14/h5-6,11,13-14,24H,1-4,7-10H2. The number of nitrogens with one attached hydrogen (secondary N) is 1. The first kappa shape index (κ1) is 20.6. The van der Waals surface area contributed by atoms with E-state index < -0.39 is 24.9 Å². The number of halogens is 4. The fraction of sp³-hybridized carbons (Fsp3) is 0.579. The predicted molar refractivity (Wildman–Crippen MR) is 107 cm³/mol. The Morgan fingerprint density at radius 2 is 1.72 bits per heavy atom. The van der Waals surface area contributed by atoms with Crippen LogP contribution in [-0.4, -0.2) is 84.3 Å². The number of benzene rings is 1. The molecule has 0 spiro atoms. The highest BCUT2D eigenvalue weighted by Gasteiger charge is 2.47. The molecule has 1 N–H and O–H groups in total. The van der Waals surface area contributed by atoms with Gasteiger partial charge in [-0.15, -0.1) is 0 Å². The van der Waals surface area contributed by atoms with Gasteiger partial charge in [0, 0.05) is 37.9 Å². The molecule has 3 fully saturated rings. The Balaban J connectivity index is 1.32. The number of piperidine rings is 1. The number of hydrogen-bond donors (Lipinski definition) is 1. The lowest BCUT2D eigenvalue weighted by Gasteiger charge is -2.47. The first-order valence-corrected chi connectivity index (χ1v) is 10.4. The monoisotopic (exact) mass is 446 g/mol. The highest BCUT2D eigenvalue weighted by Crippen LogP contribution is 2.35. The SMILES string of the molecule is O=CN1CCC(N2CC(Nc3cc(Cl)c(C(=O)N4CC(F)(F)C4)c(Cl)c3)C2)CC1. The second-order valence-electron chi connectivity index (χ2n) is 8.00. The minimum Gasteiger partial charge on any atom is -0.380 e. The highest BCUT2D eigenvalue weighted by molar-refractivity contribution is 6.40. The van der Waals surface area contributed by atoms with Gasteiger partial charge >= 0.3 is 0 Å². The predicted octanol–water partition coefficient (Wildman–Crippen LogP) is 2.80. The Morgan fingerprint density at radius 3 is 2.24 bits per heavy atom. The van der Waals surface area contributed by atoms with Crippen molar-refractivity contribution >= 4 is 41.2 Å². The van der Waals surface area contributed by atoms with Crippen LogP contribution >= 0.6 is 23.2 Å². The molecule has 0 unspecified atom stereocenters. The van der Waals surface area contributed by atoms with Crippen molar-refractivity contribution in [1.29, 1.82) is 0 Å². The van der Waals surface area contributed by atoms with Crippen LogP contribution in [0.15, 0.2) is 12.1 Å². The highest BCUT2D eigenvalue weighted by atomic mass is 35.5. The maximum absolute atomic E-state index is 13.0. The van der Waals surface area contributed by atoms with Crippen LogP contribution in [0.4, 0.5) is 14.5 Å². The summed E-state index contributed by atoms with van der Waals surface area (Å²) in [4.78, 5) is 28.4. The number of anilines is 1. The van der Waals surface area contributed by atoms with Gasteiger partial charge < -0.3 is 15.1 Å². The van der Waals surface area contributed by atoms with E-state index in [9.17, 15) is 18.4 Å². The van der Waals surface area contributed by atoms with Crippen molar-refractivity contribution < 1.29 is 18.4 Å². The summed E-state index contributed by atoms with van der Waals surface area (Å²) in [5.41, 5.74) is 0.762. The quantitative estimate of drug-likeness (QED) is 0.706. The van der Waals surface area contributed by atoms with Crippen molar-refractivity contribution in [2.75, 3.05) is 44.6 Å². The lowest BCUT2D eigenvalue weighted by atomic mass is 9.97. The summed E-state index contributed by atoms with van der Waals surface area (Å²) in [6, 6.07) is 3.96. The van der Waals surface area contributed by atoms with Crippen molar-refractivity contribution in [3.05, 3.63) is 27.7 Å². The van der Waals surface area contributed by atoms with E-state index in [-0.39, 0.29) is 21.7 Å². The molecule has 10 heteroatoms. The van der Waals surface area contributed by atoms with Crippen molar-refractivity contribution in [1.82, 2.24) is 14.7 Å². The molecule has 0 aliphatic carbocycles. The van der Waals surface area contributed by atoms with E-state index in [4.69, 9.17) is 23.2 Å². The van der Waals surface area contributed by atoms with Crippen LogP contribution in [0.5, 0.6) is 0 Å². The Bertz CT molecular complexity index is 780. The van der Waals surface area contributed by atoms with Crippen molar-refractivity contribution in [3.63, 3.8) is 0 Å². The summed E-state index contributed by atoms with van der Waals surface area (Å²) in [6.45, 7) is 2.14. The number of carbonyl (C=O) groups excluding carboxylic acids is 2. The lowest BCUT2D eigenvalue weighted by molar-refractivity contribution is -0.119. The molecular formula is C19H22Cl2F2N4O2. The third kappa shape index (κ3) is 4.29. The van der Waals surface area contributed by atoms with Crippen molar-refractivity contribution in [2.24, 2.45) is 0 Å². The maximum Gasteiger partial charge on any atom is 0.282 e. The van der Waals surface area contributed by atoms with Gasteiger partial charge in [-0.1, -0.05) is 23.2 Å². The number of nitrogens with zero attached hydrogens (tertiary/aromatic N) is 3. The molecule has 3 heterocycles. The maximum atomic E-state index is 13.0. The molecule has 0 atom stereocenters. The van der Waals surface area contributed by atoms with E-state index in [1.807, 2.05) is 0 Å². The number of amides is 2. The zero-order valence-corrected chi connectivity index (χ0v) is 17.2. The number of rotatable bonds is 5. The minimum absolute atomic E-state index is 0.0616. The molecule has 3 aliphatic rings. The molecule has 6 nitrogen and oxygen atoms in total. The van der Waals surface area contributed by atoms with E-state index in [0.717, 1.165) is 50.3 Å². The van der Waals surface area contributed by atoms with Crippen LogP contribution in [0.2, 0.25) is 10.0 Å². The largest absolute Gasteiger partial charge is 0.380 e. The Hall–Kier alpha value is -1.64. The fourth-order valence-corrected chi connectivity index (χ4v) is 4.82. The Kier molecular flexibility index (Phi) is 5.61. The van der Waals surface area contributed by atoms with Gasteiger partial charge in [-0.2, -0.15) is 0 Å². The van der Waals surface area contributed by atoms with Crippen molar-refractivity contribution in [3.8, 4) is 0 Å². The van der Waals surface area contributed by atoms with Crippen LogP contribution in [-0.2, 0) is 4.79 Å². The van der Waals surface area contributed by atoms with Gasteiger partial charge in [0.05, 0.1) is 34.7 Å². The molecule has 1 aromatic rings. The van der Waals surface area contributed by atoms with Gasteiger partial charge in [0.25, 0.3) is 11.8 Å². The van der Waals surface area contributed by atoms with E-state index in [2.05, 4.69) is 10.2 Å². The summed E-state index contributed by atoms with van der Waals surface area (Å²) >= 11 is 12.5. The summed E-state index contributed by atoms with van der Waals surface area (Å²) < 4.78 is 26.1. The molecule has 0 radical (unpaired) electrons. The second kappa shape index (κ2) is 7.89. The van der Waals surface area contributed by atoms with E-state index >= 15 is 0 Å². The first-order valence-electron chi connectivity index (χ1n) is 9.62. The number of carbonyl (C=O) groups is 2. The van der Waals surface area contributed by atoms with E-state index in [1.165, 1.54) is 0 Å². The van der Waals surface area contributed by atoms with E-state index in [0.29, 0.717) is 11.7 Å². The topological polar surface area (TPSA) is 55.9 Å². The van der Waals surface area contributed by atoms with Gasteiger partial charge in [0.15, 0.2) is 0 Å². The molecular weight excluding hydrogens is 425 g/mol. The lowest BCUT2D eigenvalue weighted by Crippen LogP contribution is -2.60. The number of hydrogen-bond acceptors (Lipinski definition) is 4. The molecule has 1 aromatic carbocycles. The van der Waals surface area contributed by atoms with Gasteiger partial charge in [0.1, 0.15) is 0 Å². The zero-order chi connectivity index (χ0) is 20.8. The molecule has 0 bridgehead atoms. The summed E-state index contributed by atoms with van der Waals surface area (Å²) in [5.74, 6) is -3.41. The van der Waals surface area contributed by atoms with Gasteiger partial charge in [-0.3, -0.25) is 14.5 Å². The smallest absolute Gasteiger partial charge is 0.282 e. The second-order valence-corrected chi connectivity index (χ2v) is 8.81. The minimum atomic E-state index is -2.84. The third-order valence-electron chi connectivity index (χ3n) is 5.83. The molecule has 3 aliphatic heterocycles. The molecule has 0 aromatic heterocycles. The van der Waals surface area contributed by atoms with Gasteiger partial charge in [-0.05, 0) is 25.0 Å². The van der Waals surface area contributed by atoms with E-state index in [1.54, 1.807) is 17.0 Å². The molecule has 29 heavy (non-hydrogen) atoms. The third-order valence-corrected chi connectivity index (χ3v) is 6.43. The fourth-order valence-electron chi connectivity index (χ4n) is 4.17. The molecule has 158 valence electrons. The number of likely N-dealkylation sites (tertiary alicyclic amines) is 3. The van der Waals surface area contributed by atoms with Crippen LogP contribution in [0.1, 0.15) is 23.2 Å². The zero-order valence-electron chi connectivity index (χ0n) is 15.7. The van der Waals surface area contributed by atoms with Gasteiger partial charge in [0.2, 0.25) is 6.41 Å². The first-order chi connectivity index (χ1) is 13.8. The molecule has 2 amide bonds. The average Bonchev–Trinajstić information content (AvgIpc) is 2.62. The molecule has 0 saturated carbocycles. The Morgan fingerprint density at radius 1 is 1.14 bits per heavy atom. The van der Waals surface area contributed by atoms with Crippen LogP contribution in [0.25, 0.3) is 0 Å². The summed E-state index contributed by atoms with van der Waals surface area (Å²) in [6.07, 6.45) is 2.87. The summed E-state index contributed by atoms with van der Waals surface area (Å²) in [5, 5.41) is 3.66. The van der Waals surface area contributed by atoms with Gasteiger partial charge in [-0.25, -0.2) is 8.78 Å². The van der Waals surface area contributed by atoms with Crippen LogP contribution in [0.3, 0.4) is 0 Å². The molecule has 3 saturated heterocycles.